The fraction of sp³-hybridized carbons (Fsp3) is 0.125. The topological polar surface area (TPSA) is 42.2 Å². The average molecular weight is 181 g/mol. The van der Waals surface area contributed by atoms with Crippen LogP contribution in [-0.2, 0) is 4.33 Å². The van der Waals surface area contributed by atoms with E-state index in [1.807, 2.05) is 24.3 Å². The number of benzene rings is 1. The Hall–Kier alpha value is -1.18. The van der Waals surface area contributed by atoms with Crippen LogP contribution in [0.15, 0.2) is 30.3 Å². The van der Waals surface area contributed by atoms with Gasteiger partial charge in [-0.3, -0.25) is 0 Å². The number of hydrogen-bond donors (Lipinski definition) is 0. The van der Waals surface area contributed by atoms with Crippen molar-refractivity contribution in [1.82, 2.24) is 0 Å². The van der Waals surface area contributed by atoms with E-state index in [2.05, 4.69) is 4.33 Å². The molecule has 4 heteroatoms. The predicted octanol–water partition coefficient (Wildman–Crippen LogP) is 2.17. The highest BCUT2D eigenvalue weighted by atomic mass is 32.2. The van der Waals surface area contributed by atoms with E-state index in [1.165, 1.54) is 0 Å². The fourth-order valence-corrected chi connectivity index (χ4v) is 0.817. The molecule has 0 heterocycles. The minimum atomic E-state index is 0.257. The van der Waals surface area contributed by atoms with Gasteiger partial charge in [-0.15, -0.1) is 4.33 Å². The minimum Gasteiger partial charge on any atom is -0.325 e. The summed E-state index contributed by atoms with van der Waals surface area (Å²) in [6.07, 6.45) is 0. The monoisotopic (exact) mass is 181 g/mol. The van der Waals surface area contributed by atoms with Gasteiger partial charge in [-0.05, 0) is 12.1 Å². The van der Waals surface area contributed by atoms with Crippen molar-refractivity contribution in [2.24, 2.45) is 0 Å². The lowest BCUT2D eigenvalue weighted by Gasteiger charge is -1.99. The highest BCUT2D eigenvalue weighted by Gasteiger charge is 1.91. The zero-order valence-electron chi connectivity index (χ0n) is 6.27. The lowest BCUT2D eigenvalue weighted by molar-refractivity contribution is -0.0773. The highest BCUT2D eigenvalue weighted by Crippen LogP contribution is 2.11. The molecule has 12 heavy (non-hydrogen) atoms. The van der Waals surface area contributed by atoms with Crippen molar-refractivity contribution in [1.29, 1.82) is 5.26 Å². The third-order valence-electron chi connectivity index (χ3n) is 1.05. The van der Waals surface area contributed by atoms with Gasteiger partial charge in [0.05, 0.1) is 18.1 Å². The van der Waals surface area contributed by atoms with E-state index in [0.29, 0.717) is 5.75 Å². The SMILES string of the molecule is N#CCSOOc1ccccc1. The number of nitriles is 1. The molecular formula is C8H7NO2S. The number of nitrogens with zero attached hydrogens (tertiary/aromatic N) is 1. The molecule has 0 saturated heterocycles. The molecule has 3 nitrogen and oxygen atoms in total. The van der Waals surface area contributed by atoms with Crippen LogP contribution in [0, 0.1) is 11.3 Å². The van der Waals surface area contributed by atoms with Crippen LogP contribution >= 0.6 is 12.0 Å². The van der Waals surface area contributed by atoms with E-state index in [4.69, 9.17) is 10.1 Å². The third-order valence-corrected chi connectivity index (χ3v) is 1.46. The van der Waals surface area contributed by atoms with Gasteiger partial charge in [-0.1, -0.05) is 18.2 Å². The molecule has 0 amide bonds. The first kappa shape index (κ1) is 8.91. The third kappa shape index (κ3) is 3.28. The molecule has 0 fully saturated rings. The van der Waals surface area contributed by atoms with E-state index >= 15 is 0 Å². The van der Waals surface area contributed by atoms with Gasteiger partial charge in [0.25, 0.3) is 0 Å². The first-order chi connectivity index (χ1) is 5.93. The number of rotatable bonds is 4. The molecule has 0 aliphatic carbocycles. The van der Waals surface area contributed by atoms with E-state index in [9.17, 15) is 0 Å². The van der Waals surface area contributed by atoms with Gasteiger partial charge in [0.1, 0.15) is 5.75 Å². The number of hydrogen-bond acceptors (Lipinski definition) is 4. The van der Waals surface area contributed by atoms with Gasteiger partial charge in [0.15, 0.2) is 5.75 Å². The summed E-state index contributed by atoms with van der Waals surface area (Å²) in [4.78, 5) is 4.82. The smallest absolute Gasteiger partial charge is 0.166 e. The van der Waals surface area contributed by atoms with Crippen molar-refractivity contribution >= 4 is 12.0 Å². The molecule has 0 aliphatic heterocycles. The summed E-state index contributed by atoms with van der Waals surface area (Å²) in [6, 6.07) is 11.0. The molecule has 0 atom stereocenters. The average Bonchev–Trinajstić information content (AvgIpc) is 2.14. The van der Waals surface area contributed by atoms with E-state index in [1.54, 1.807) is 12.1 Å². The molecule has 0 spiro atoms. The molecule has 0 aliphatic rings. The van der Waals surface area contributed by atoms with Crippen LogP contribution in [0.2, 0.25) is 0 Å². The Labute approximate surface area is 75.0 Å². The molecule has 1 rings (SSSR count). The largest absolute Gasteiger partial charge is 0.325 e. The first-order valence-electron chi connectivity index (χ1n) is 3.31. The van der Waals surface area contributed by atoms with Crippen LogP contribution < -0.4 is 4.89 Å². The molecule has 0 bridgehead atoms. The van der Waals surface area contributed by atoms with Crippen LogP contribution in [-0.4, -0.2) is 5.75 Å². The van der Waals surface area contributed by atoms with Gasteiger partial charge in [-0.2, -0.15) is 5.26 Å². The Kier molecular flexibility index (Phi) is 4.06. The Balaban J connectivity index is 2.21. The van der Waals surface area contributed by atoms with Crippen molar-refractivity contribution in [3.05, 3.63) is 30.3 Å². The standard InChI is InChI=1S/C8H7NO2S/c9-6-7-12-11-10-8-4-2-1-3-5-8/h1-5H,7H2. The van der Waals surface area contributed by atoms with Gasteiger partial charge in [0, 0.05) is 0 Å². The summed E-state index contributed by atoms with van der Waals surface area (Å²) in [6.45, 7) is 0. The van der Waals surface area contributed by atoms with E-state index in [0.717, 1.165) is 12.0 Å². The molecule has 1 aromatic carbocycles. The van der Waals surface area contributed by atoms with Crippen molar-refractivity contribution in [2.75, 3.05) is 5.75 Å². The number of para-hydroxylation sites is 1. The van der Waals surface area contributed by atoms with E-state index < -0.39 is 0 Å². The van der Waals surface area contributed by atoms with Crippen molar-refractivity contribution < 1.29 is 9.22 Å². The van der Waals surface area contributed by atoms with Crippen LogP contribution in [0.25, 0.3) is 0 Å². The van der Waals surface area contributed by atoms with E-state index in [-0.39, 0.29) is 5.75 Å². The minimum absolute atomic E-state index is 0.257. The zero-order chi connectivity index (χ0) is 8.65. The maximum Gasteiger partial charge on any atom is 0.166 e. The summed E-state index contributed by atoms with van der Waals surface area (Å²) >= 11 is 0.965. The molecule has 0 N–H and O–H groups in total. The van der Waals surface area contributed by atoms with Crippen LogP contribution in [0.4, 0.5) is 0 Å². The summed E-state index contributed by atoms with van der Waals surface area (Å²) in [7, 11) is 0. The first-order valence-corrected chi connectivity index (χ1v) is 4.22. The molecule has 1 aromatic rings. The molecule has 0 radical (unpaired) electrons. The Morgan fingerprint density at radius 1 is 1.33 bits per heavy atom. The molecule has 0 saturated carbocycles. The second-order valence-electron chi connectivity index (χ2n) is 1.88. The van der Waals surface area contributed by atoms with Crippen LogP contribution in [0.5, 0.6) is 5.75 Å². The maximum absolute atomic E-state index is 8.16. The molecule has 62 valence electrons. The Morgan fingerprint density at radius 3 is 2.75 bits per heavy atom. The summed E-state index contributed by atoms with van der Waals surface area (Å²) in [5, 5.41) is 8.16. The van der Waals surface area contributed by atoms with Crippen LogP contribution in [0.3, 0.4) is 0 Å². The summed E-state index contributed by atoms with van der Waals surface area (Å²) in [5.41, 5.74) is 0. The quantitative estimate of drug-likeness (QED) is 0.309. The fourth-order valence-electron chi connectivity index (χ4n) is 0.590. The van der Waals surface area contributed by atoms with Crippen molar-refractivity contribution in [3.63, 3.8) is 0 Å². The normalized spacial score (nSPS) is 8.92. The molecule has 0 aromatic heterocycles. The second kappa shape index (κ2) is 5.47. The van der Waals surface area contributed by atoms with Crippen molar-refractivity contribution in [3.8, 4) is 11.8 Å². The van der Waals surface area contributed by atoms with Gasteiger partial charge in [0.2, 0.25) is 0 Å². The molecular weight excluding hydrogens is 174 g/mol. The lowest BCUT2D eigenvalue weighted by Crippen LogP contribution is -1.88. The Morgan fingerprint density at radius 2 is 2.08 bits per heavy atom. The highest BCUT2D eigenvalue weighted by molar-refractivity contribution is 7.94. The van der Waals surface area contributed by atoms with Gasteiger partial charge in [-0.25, -0.2) is 0 Å². The predicted molar refractivity (Wildman–Crippen MR) is 46.2 cm³/mol. The van der Waals surface area contributed by atoms with Gasteiger partial charge >= 0.3 is 0 Å². The summed E-state index contributed by atoms with van der Waals surface area (Å²) in [5.74, 6) is 0.885. The maximum atomic E-state index is 8.16. The summed E-state index contributed by atoms with van der Waals surface area (Å²) < 4.78 is 4.65. The van der Waals surface area contributed by atoms with Gasteiger partial charge < -0.3 is 4.89 Å². The lowest BCUT2D eigenvalue weighted by atomic mass is 10.3. The van der Waals surface area contributed by atoms with Crippen LogP contribution in [0.1, 0.15) is 0 Å². The van der Waals surface area contributed by atoms with Crippen molar-refractivity contribution in [2.45, 2.75) is 0 Å². The molecule has 0 unspecified atom stereocenters. The Bertz CT molecular complexity index is 258. The zero-order valence-corrected chi connectivity index (χ0v) is 7.08. The second-order valence-corrected chi connectivity index (χ2v) is 2.55.